The first kappa shape index (κ1) is 11.9. The summed E-state index contributed by atoms with van der Waals surface area (Å²) in [5.41, 5.74) is 2.83. The van der Waals surface area contributed by atoms with Gasteiger partial charge >= 0.3 is 0 Å². The molecule has 2 aliphatic rings. The molecule has 0 saturated carbocycles. The van der Waals surface area contributed by atoms with Crippen LogP contribution in [-0.4, -0.2) is 17.9 Å². The molecule has 0 N–H and O–H groups in total. The molecule has 0 aliphatic carbocycles. The molecule has 2 aliphatic heterocycles. The molecule has 2 heterocycles. The van der Waals surface area contributed by atoms with Crippen molar-refractivity contribution in [2.75, 3.05) is 6.54 Å². The number of ether oxygens (including phenoxy) is 1. The fourth-order valence-electron chi connectivity index (χ4n) is 3.10. The zero-order chi connectivity index (χ0) is 13.4. The predicted molar refractivity (Wildman–Crippen MR) is 76.2 cm³/mol. The second-order valence-corrected chi connectivity index (χ2v) is 5.31. The molecule has 0 bridgehead atoms. The van der Waals surface area contributed by atoms with Gasteiger partial charge in [-0.1, -0.05) is 42.5 Å². The fourth-order valence-corrected chi connectivity index (χ4v) is 3.10. The summed E-state index contributed by atoms with van der Waals surface area (Å²) in [6.45, 7) is 0.941. The SMILES string of the molecule is c1ccc(O[C@@H]2C[C@@H]3c4ccccc4CCN3O2)cc1. The number of nitrogens with zero attached hydrogens (tertiary/aromatic N) is 1. The van der Waals surface area contributed by atoms with Crippen LogP contribution in [0.25, 0.3) is 0 Å². The lowest BCUT2D eigenvalue weighted by Gasteiger charge is -2.29. The van der Waals surface area contributed by atoms with Gasteiger partial charge in [-0.25, -0.2) is 0 Å². The third kappa shape index (κ3) is 2.09. The summed E-state index contributed by atoms with van der Waals surface area (Å²) in [6, 6.07) is 18.9. The molecule has 0 spiro atoms. The first-order valence-corrected chi connectivity index (χ1v) is 7.13. The van der Waals surface area contributed by atoms with E-state index in [-0.39, 0.29) is 6.29 Å². The van der Waals surface area contributed by atoms with E-state index in [0.29, 0.717) is 6.04 Å². The average molecular weight is 267 g/mol. The highest BCUT2D eigenvalue weighted by atomic mass is 16.8. The quantitative estimate of drug-likeness (QED) is 0.833. The smallest absolute Gasteiger partial charge is 0.220 e. The minimum absolute atomic E-state index is 0.187. The van der Waals surface area contributed by atoms with E-state index in [1.807, 2.05) is 30.3 Å². The molecule has 3 nitrogen and oxygen atoms in total. The Labute approximate surface area is 118 Å². The van der Waals surface area contributed by atoms with E-state index in [4.69, 9.17) is 9.57 Å². The summed E-state index contributed by atoms with van der Waals surface area (Å²) in [6.07, 6.45) is 1.74. The Kier molecular flexibility index (Phi) is 2.94. The van der Waals surface area contributed by atoms with Crippen LogP contribution in [0.4, 0.5) is 0 Å². The van der Waals surface area contributed by atoms with Crippen molar-refractivity contribution in [3.8, 4) is 5.75 Å². The van der Waals surface area contributed by atoms with Crippen LogP contribution in [0.3, 0.4) is 0 Å². The first-order valence-electron chi connectivity index (χ1n) is 7.13. The van der Waals surface area contributed by atoms with Crippen LogP contribution < -0.4 is 4.74 Å². The van der Waals surface area contributed by atoms with Gasteiger partial charge in [0.2, 0.25) is 6.29 Å². The molecule has 2 aromatic rings. The Morgan fingerprint density at radius 3 is 2.70 bits per heavy atom. The third-order valence-corrected chi connectivity index (χ3v) is 4.04. The molecule has 0 unspecified atom stereocenters. The van der Waals surface area contributed by atoms with Gasteiger partial charge in [-0.3, -0.25) is 4.84 Å². The van der Waals surface area contributed by atoms with Crippen molar-refractivity contribution < 1.29 is 9.57 Å². The normalized spacial score (nSPS) is 25.0. The summed E-state index contributed by atoms with van der Waals surface area (Å²) < 4.78 is 5.92. The fraction of sp³-hybridized carbons (Fsp3) is 0.294. The summed E-state index contributed by atoms with van der Waals surface area (Å²) in [5, 5.41) is 2.08. The summed E-state index contributed by atoms with van der Waals surface area (Å²) in [7, 11) is 0. The van der Waals surface area contributed by atoms with Gasteiger partial charge in [0.1, 0.15) is 5.75 Å². The summed E-state index contributed by atoms with van der Waals surface area (Å²) in [5.74, 6) is 0.866. The van der Waals surface area contributed by atoms with Crippen molar-refractivity contribution >= 4 is 0 Å². The van der Waals surface area contributed by atoms with Crippen LogP contribution in [0.1, 0.15) is 23.6 Å². The highest BCUT2D eigenvalue weighted by Gasteiger charge is 2.38. The van der Waals surface area contributed by atoms with Crippen LogP contribution in [0.15, 0.2) is 54.6 Å². The summed E-state index contributed by atoms with van der Waals surface area (Å²) >= 11 is 0. The lowest BCUT2D eigenvalue weighted by molar-refractivity contribution is -0.214. The summed E-state index contributed by atoms with van der Waals surface area (Å²) in [4.78, 5) is 5.94. The molecule has 3 heteroatoms. The molecule has 2 aromatic carbocycles. The van der Waals surface area contributed by atoms with E-state index in [1.54, 1.807) is 0 Å². The monoisotopic (exact) mass is 267 g/mol. The molecule has 0 radical (unpaired) electrons. The highest BCUT2D eigenvalue weighted by Crippen LogP contribution is 2.39. The largest absolute Gasteiger partial charge is 0.463 e. The Morgan fingerprint density at radius 1 is 1.00 bits per heavy atom. The number of fused-ring (bicyclic) bond motifs is 3. The Morgan fingerprint density at radius 2 is 1.80 bits per heavy atom. The number of para-hydroxylation sites is 1. The Bertz CT molecular complexity index is 599. The van der Waals surface area contributed by atoms with Crippen molar-refractivity contribution in [3.05, 3.63) is 65.7 Å². The topological polar surface area (TPSA) is 21.7 Å². The number of benzene rings is 2. The first-order chi connectivity index (χ1) is 9.90. The van der Waals surface area contributed by atoms with Crippen LogP contribution in [-0.2, 0) is 11.3 Å². The molecule has 1 saturated heterocycles. The average Bonchev–Trinajstić information content (AvgIpc) is 2.91. The second-order valence-electron chi connectivity index (χ2n) is 5.31. The third-order valence-electron chi connectivity index (χ3n) is 4.04. The Hall–Kier alpha value is -1.84. The van der Waals surface area contributed by atoms with E-state index in [0.717, 1.165) is 25.1 Å². The van der Waals surface area contributed by atoms with Gasteiger partial charge in [0.15, 0.2) is 0 Å². The molecule has 102 valence electrons. The number of hydrogen-bond acceptors (Lipinski definition) is 3. The van der Waals surface area contributed by atoms with Gasteiger partial charge in [0.25, 0.3) is 0 Å². The van der Waals surface area contributed by atoms with Crippen molar-refractivity contribution in [2.24, 2.45) is 0 Å². The maximum atomic E-state index is 5.94. The molecule has 20 heavy (non-hydrogen) atoms. The second kappa shape index (κ2) is 4.93. The molecule has 1 fully saturated rings. The lowest BCUT2D eigenvalue weighted by Crippen LogP contribution is -2.30. The van der Waals surface area contributed by atoms with Crippen LogP contribution in [0, 0.1) is 0 Å². The van der Waals surface area contributed by atoms with E-state index < -0.39 is 0 Å². The number of rotatable bonds is 2. The van der Waals surface area contributed by atoms with Gasteiger partial charge in [-0.15, -0.1) is 0 Å². The molecule has 0 amide bonds. The van der Waals surface area contributed by atoms with Gasteiger partial charge < -0.3 is 4.74 Å². The lowest BCUT2D eigenvalue weighted by atomic mass is 9.93. The van der Waals surface area contributed by atoms with Crippen LogP contribution in [0.2, 0.25) is 0 Å². The van der Waals surface area contributed by atoms with Gasteiger partial charge in [0, 0.05) is 13.0 Å². The van der Waals surface area contributed by atoms with Crippen molar-refractivity contribution in [2.45, 2.75) is 25.2 Å². The van der Waals surface area contributed by atoms with E-state index in [2.05, 4.69) is 29.3 Å². The van der Waals surface area contributed by atoms with Gasteiger partial charge in [0.05, 0.1) is 6.04 Å². The van der Waals surface area contributed by atoms with Gasteiger partial charge in [-0.2, -0.15) is 5.06 Å². The highest BCUT2D eigenvalue weighted by molar-refractivity contribution is 5.32. The minimum Gasteiger partial charge on any atom is -0.463 e. The number of hydrogen-bond donors (Lipinski definition) is 0. The molecule has 0 aromatic heterocycles. The zero-order valence-corrected chi connectivity index (χ0v) is 11.2. The van der Waals surface area contributed by atoms with E-state index in [9.17, 15) is 0 Å². The standard InChI is InChI=1S/C17H17NO2/c1-2-7-14(8-3-1)19-17-12-16-15-9-5-4-6-13(15)10-11-18(16)20-17/h1-9,16-17H,10-12H2/t16-,17+/m1/s1. The van der Waals surface area contributed by atoms with Crippen molar-refractivity contribution in [1.29, 1.82) is 0 Å². The zero-order valence-electron chi connectivity index (χ0n) is 11.2. The minimum atomic E-state index is -0.187. The van der Waals surface area contributed by atoms with E-state index in [1.165, 1.54) is 11.1 Å². The van der Waals surface area contributed by atoms with Crippen molar-refractivity contribution in [3.63, 3.8) is 0 Å². The molecule has 4 rings (SSSR count). The van der Waals surface area contributed by atoms with Crippen molar-refractivity contribution in [1.82, 2.24) is 5.06 Å². The predicted octanol–water partition coefficient (Wildman–Crippen LogP) is 3.33. The van der Waals surface area contributed by atoms with Gasteiger partial charge in [-0.05, 0) is 29.7 Å². The number of hydroxylamine groups is 2. The molecular formula is C17H17NO2. The van der Waals surface area contributed by atoms with E-state index >= 15 is 0 Å². The molecular weight excluding hydrogens is 250 g/mol. The Balaban J connectivity index is 1.53. The maximum absolute atomic E-state index is 5.94. The molecule has 2 atom stereocenters. The van der Waals surface area contributed by atoms with Crippen LogP contribution >= 0.6 is 0 Å². The van der Waals surface area contributed by atoms with Crippen LogP contribution in [0.5, 0.6) is 5.75 Å². The maximum Gasteiger partial charge on any atom is 0.220 e.